The smallest absolute Gasteiger partial charge is 0.160 e. The number of methoxy groups -OCH3 is 2. The van der Waals surface area contributed by atoms with Crippen molar-refractivity contribution < 1.29 is 24.4 Å². The first-order valence-corrected chi connectivity index (χ1v) is 10.2. The van der Waals surface area contributed by atoms with Crippen LogP contribution in [0, 0.1) is 0 Å². The molecular weight excluding hydrogens is 368 g/mol. The van der Waals surface area contributed by atoms with E-state index in [-0.39, 0.29) is 35.5 Å². The molecule has 29 heavy (non-hydrogen) atoms. The molecule has 2 aromatic carbocycles. The predicted molar refractivity (Wildman–Crippen MR) is 115 cm³/mol. The minimum Gasteiger partial charge on any atom is -0.504 e. The van der Waals surface area contributed by atoms with Crippen molar-refractivity contribution in [1.29, 1.82) is 0 Å². The molecule has 2 N–H and O–H groups in total. The third-order valence-electron chi connectivity index (χ3n) is 5.71. The summed E-state index contributed by atoms with van der Waals surface area (Å²) < 4.78 is 17.0. The summed E-state index contributed by atoms with van der Waals surface area (Å²) in [6.45, 7) is 8.45. The van der Waals surface area contributed by atoms with Crippen molar-refractivity contribution >= 4 is 0 Å². The molecule has 5 heteroatoms. The van der Waals surface area contributed by atoms with E-state index < -0.39 is 0 Å². The van der Waals surface area contributed by atoms with Crippen LogP contribution in [-0.2, 0) is 4.74 Å². The summed E-state index contributed by atoms with van der Waals surface area (Å²) in [4.78, 5) is 0. The van der Waals surface area contributed by atoms with Gasteiger partial charge < -0.3 is 24.4 Å². The van der Waals surface area contributed by atoms with Crippen LogP contribution >= 0.6 is 0 Å². The Bertz CT molecular complexity index is 723. The topological polar surface area (TPSA) is 68.2 Å². The fourth-order valence-corrected chi connectivity index (χ4v) is 4.06. The average Bonchev–Trinajstić information content (AvgIpc) is 2.71. The van der Waals surface area contributed by atoms with Gasteiger partial charge in [-0.25, -0.2) is 0 Å². The maximum absolute atomic E-state index is 9.88. The van der Waals surface area contributed by atoms with Crippen molar-refractivity contribution in [2.45, 2.75) is 64.6 Å². The first kappa shape index (κ1) is 22.9. The first-order valence-electron chi connectivity index (χ1n) is 10.2. The fraction of sp³-hybridized carbons (Fsp3) is 0.500. The Kier molecular flexibility index (Phi) is 8.21. The quantitative estimate of drug-likeness (QED) is 0.542. The minimum atomic E-state index is -0.0164. The Balaban J connectivity index is 2.19. The van der Waals surface area contributed by atoms with Crippen LogP contribution in [0.4, 0.5) is 0 Å². The SMILES string of the molecule is CCC(c1ccc(O)c(OC)c1)C(C)OC(C)C(CC)c1ccc(O)c(OC)c1. The molecule has 4 atom stereocenters. The van der Waals surface area contributed by atoms with Crippen LogP contribution < -0.4 is 9.47 Å². The molecule has 0 aromatic heterocycles. The van der Waals surface area contributed by atoms with E-state index in [1.807, 2.05) is 24.3 Å². The third-order valence-corrected chi connectivity index (χ3v) is 5.71. The predicted octanol–water partition coefficient (Wildman–Crippen LogP) is 5.60. The number of rotatable bonds is 10. The van der Waals surface area contributed by atoms with Gasteiger partial charge in [0.2, 0.25) is 0 Å². The number of phenols is 2. The number of aromatic hydroxyl groups is 2. The molecule has 0 radical (unpaired) electrons. The molecule has 5 nitrogen and oxygen atoms in total. The lowest BCUT2D eigenvalue weighted by Crippen LogP contribution is -2.28. The molecule has 0 saturated heterocycles. The molecule has 0 saturated carbocycles. The highest BCUT2D eigenvalue weighted by atomic mass is 16.5. The Morgan fingerprint density at radius 1 is 0.724 bits per heavy atom. The average molecular weight is 403 g/mol. The number of benzene rings is 2. The highest BCUT2D eigenvalue weighted by molar-refractivity contribution is 5.44. The zero-order chi connectivity index (χ0) is 21.6. The highest BCUT2D eigenvalue weighted by Crippen LogP contribution is 2.36. The van der Waals surface area contributed by atoms with Crippen LogP contribution in [0.15, 0.2) is 36.4 Å². The summed E-state index contributed by atoms with van der Waals surface area (Å²) in [6, 6.07) is 11.0. The number of hydrogen-bond acceptors (Lipinski definition) is 5. The summed E-state index contributed by atoms with van der Waals surface area (Å²) in [5.74, 6) is 1.59. The van der Waals surface area contributed by atoms with Gasteiger partial charge in [-0.05, 0) is 62.1 Å². The number of ether oxygens (including phenoxy) is 3. The molecule has 4 unspecified atom stereocenters. The van der Waals surface area contributed by atoms with Crippen LogP contribution in [0.5, 0.6) is 23.0 Å². The second-order valence-electron chi connectivity index (χ2n) is 7.44. The molecule has 0 fully saturated rings. The van der Waals surface area contributed by atoms with Crippen molar-refractivity contribution in [2.24, 2.45) is 0 Å². The first-order chi connectivity index (χ1) is 13.9. The third kappa shape index (κ3) is 5.36. The van der Waals surface area contributed by atoms with Gasteiger partial charge in [0, 0.05) is 11.8 Å². The van der Waals surface area contributed by atoms with Crippen molar-refractivity contribution in [2.75, 3.05) is 14.2 Å². The van der Waals surface area contributed by atoms with Crippen molar-refractivity contribution in [1.82, 2.24) is 0 Å². The molecule has 2 rings (SSSR count). The van der Waals surface area contributed by atoms with Gasteiger partial charge in [0.15, 0.2) is 23.0 Å². The second-order valence-corrected chi connectivity index (χ2v) is 7.44. The lowest BCUT2D eigenvalue weighted by atomic mass is 9.89. The Labute approximate surface area is 174 Å². The van der Waals surface area contributed by atoms with Gasteiger partial charge in [-0.3, -0.25) is 0 Å². The minimum absolute atomic E-state index is 0.0164. The summed E-state index contributed by atoms with van der Waals surface area (Å²) >= 11 is 0. The molecule has 160 valence electrons. The van der Waals surface area contributed by atoms with Crippen LogP contribution in [0.3, 0.4) is 0 Å². The van der Waals surface area contributed by atoms with Crippen LogP contribution in [0.25, 0.3) is 0 Å². The van der Waals surface area contributed by atoms with Crippen LogP contribution in [0.2, 0.25) is 0 Å². The van der Waals surface area contributed by atoms with Gasteiger partial charge in [0.1, 0.15) is 0 Å². The maximum atomic E-state index is 9.88. The molecule has 0 amide bonds. The van der Waals surface area contributed by atoms with Crippen molar-refractivity contribution in [3.8, 4) is 23.0 Å². The molecule has 0 spiro atoms. The molecule has 0 aliphatic rings. The molecule has 0 aliphatic heterocycles. The van der Waals surface area contributed by atoms with E-state index in [0.717, 1.165) is 24.0 Å². The molecule has 2 aromatic rings. The van der Waals surface area contributed by atoms with Gasteiger partial charge in [-0.15, -0.1) is 0 Å². The van der Waals surface area contributed by atoms with Gasteiger partial charge in [0.05, 0.1) is 26.4 Å². The van der Waals surface area contributed by atoms with E-state index in [4.69, 9.17) is 14.2 Å². The van der Waals surface area contributed by atoms with E-state index >= 15 is 0 Å². The van der Waals surface area contributed by atoms with E-state index in [1.165, 1.54) is 0 Å². The zero-order valence-corrected chi connectivity index (χ0v) is 18.3. The summed E-state index contributed by atoms with van der Waals surface area (Å²) in [7, 11) is 3.11. The second kappa shape index (κ2) is 10.4. The standard InChI is InChI=1S/C24H34O5/c1-7-19(17-9-11-21(25)23(13-17)27-5)15(3)29-16(4)20(8-2)18-10-12-22(26)24(14-18)28-6/h9-16,19-20,25-26H,7-8H2,1-6H3. The van der Waals surface area contributed by atoms with Crippen molar-refractivity contribution in [3.63, 3.8) is 0 Å². The largest absolute Gasteiger partial charge is 0.504 e. The van der Waals surface area contributed by atoms with E-state index in [1.54, 1.807) is 26.4 Å². The van der Waals surface area contributed by atoms with Gasteiger partial charge in [0.25, 0.3) is 0 Å². The maximum Gasteiger partial charge on any atom is 0.160 e. The van der Waals surface area contributed by atoms with Crippen molar-refractivity contribution in [3.05, 3.63) is 47.5 Å². The van der Waals surface area contributed by atoms with Crippen LogP contribution in [0.1, 0.15) is 63.5 Å². The van der Waals surface area contributed by atoms with Gasteiger partial charge in [-0.1, -0.05) is 26.0 Å². The fourth-order valence-electron chi connectivity index (χ4n) is 4.06. The molecular formula is C24H34O5. The molecule has 0 heterocycles. The Morgan fingerprint density at radius 2 is 1.10 bits per heavy atom. The summed E-state index contributed by atoms with van der Waals surface area (Å²) in [5.41, 5.74) is 2.17. The monoisotopic (exact) mass is 402 g/mol. The Hall–Kier alpha value is -2.40. The zero-order valence-electron chi connectivity index (χ0n) is 18.3. The lowest BCUT2D eigenvalue weighted by molar-refractivity contribution is -0.0214. The molecule has 0 bridgehead atoms. The van der Waals surface area contributed by atoms with E-state index in [9.17, 15) is 10.2 Å². The summed E-state index contributed by atoms with van der Waals surface area (Å²) in [5, 5.41) is 19.8. The van der Waals surface area contributed by atoms with E-state index in [2.05, 4.69) is 27.7 Å². The lowest BCUT2D eigenvalue weighted by Gasteiger charge is -2.31. The highest BCUT2D eigenvalue weighted by Gasteiger charge is 2.26. The van der Waals surface area contributed by atoms with Gasteiger partial charge >= 0.3 is 0 Å². The van der Waals surface area contributed by atoms with Gasteiger partial charge in [-0.2, -0.15) is 0 Å². The molecule has 0 aliphatic carbocycles. The number of phenolic OH excluding ortho intramolecular Hbond substituents is 2. The number of hydrogen-bond donors (Lipinski definition) is 2. The normalized spacial score (nSPS) is 15.4. The van der Waals surface area contributed by atoms with E-state index in [0.29, 0.717) is 11.5 Å². The van der Waals surface area contributed by atoms with Crippen LogP contribution in [-0.4, -0.2) is 36.6 Å². The Morgan fingerprint density at radius 3 is 1.41 bits per heavy atom. The summed E-state index contributed by atoms with van der Waals surface area (Å²) in [6.07, 6.45) is 1.78.